The number of para-hydroxylation sites is 1. The molecule has 0 fully saturated rings. The third kappa shape index (κ3) is 4.23. The maximum atomic E-state index is 5.71. The summed E-state index contributed by atoms with van der Waals surface area (Å²) in [6.07, 6.45) is 0.901. The van der Waals surface area contributed by atoms with Crippen molar-refractivity contribution >= 4 is 17.1 Å². The van der Waals surface area contributed by atoms with Gasteiger partial charge in [-0.3, -0.25) is 4.99 Å². The highest BCUT2D eigenvalue weighted by molar-refractivity contribution is 6.02. The van der Waals surface area contributed by atoms with Crippen LogP contribution in [-0.2, 0) is 0 Å². The number of nitrogen functional groups attached to an aromatic ring is 1. The van der Waals surface area contributed by atoms with E-state index in [1.807, 2.05) is 56.3 Å². The number of rotatable bonds is 3. The molecule has 0 aliphatic rings. The molecule has 0 radical (unpaired) electrons. The first-order valence-corrected chi connectivity index (χ1v) is 7.20. The largest absolute Gasteiger partial charge is 0.399 e. The number of hydrogen-bond acceptors (Lipinski definition) is 2. The molecule has 2 nitrogen and oxygen atoms in total. The number of aryl methyl sites for hydroxylation is 1. The molecule has 0 saturated heterocycles. The summed E-state index contributed by atoms with van der Waals surface area (Å²) in [7, 11) is 0. The van der Waals surface area contributed by atoms with Crippen LogP contribution in [0.2, 0.25) is 0 Å². The van der Waals surface area contributed by atoms with E-state index in [0.717, 1.165) is 29.1 Å². The van der Waals surface area contributed by atoms with Crippen LogP contribution in [0.1, 0.15) is 38.3 Å². The standard InChI is InChI=1S/C16H18N2.C2H6/c1-3-15(13-8-10-14(17)11-9-13)18-16-7-5-4-6-12(16)2;1-2/h4-11H,3,17H2,1-2H3;1-2H3. The molecule has 0 unspecified atom stereocenters. The molecular formula is C18H24N2. The minimum absolute atomic E-state index is 0.782. The van der Waals surface area contributed by atoms with Crippen molar-refractivity contribution in [1.82, 2.24) is 0 Å². The molecule has 0 heterocycles. The van der Waals surface area contributed by atoms with Gasteiger partial charge in [0.2, 0.25) is 0 Å². The molecule has 0 amide bonds. The van der Waals surface area contributed by atoms with Gasteiger partial charge in [-0.05, 0) is 42.7 Å². The molecule has 0 aliphatic heterocycles. The fourth-order valence-electron chi connectivity index (χ4n) is 1.86. The Morgan fingerprint density at radius 2 is 1.60 bits per heavy atom. The Bertz CT molecular complexity index is 554. The number of nitrogens with two attached hydrogens (primary N) is 1. The predicted octanol–water partition coefficient (Wildman–Crippen LogP) is 5.13. The first-order chi connectivity index (χ1) is 9.70. The van der Waals surface area contributed by atoms with E-state index in [-0.39, 0.29) is 0 Å². The topological polar surface area (TPSA) is 38.4 Å². The molecule has 2 heteroatoms. The van der Waals surface area contributed by atoms with Crippen LogP contribution in [0.5, 0.6) is 0 Å². The average Bonchev–Trinajstić information content (AvgIpc) is 2.50. The number of nitrogens with zero attached hydrogens (tertiary/aromatic N) is 1. The Hall–Kier alpha value is -2.09. The first kappa shape index (κ1) is 16.0. The van der Waals surface area contributed by atoms with Crippen LogP contribution in [-0.4, -0.2) is 5.71 Å². The van der Waals surface area contributed by atoms with E-state index in [2.05, 4.69) is 19.9 Å². The highest BCUT2D eigenvalue weighted by Gasteiger charge is 2.02. The van der Waals surface area contributed by atoms with E-state index >= 15 is 0 Å². The van der Waals surface area contributed by atoms with Crippen LogP contribution in [0, 0.1) is 6.92 Å². The van der Waals surface area contributed by atoms with Crippen molar-refractivity contribution in [1.29, 1.82) is 0 Å². The number of hydrogen-bond donors (Lipinski definition) is 1. The minimum atomic E-state index is 0.782. The summed E-state index contributed by atoms with van der Waals surface area (Å²) in [5.74, 6) is 0. The summed E-state index contributed by atoms with van der Waals surface area (Å²) in [6.45, 7) is 8.20. The highest BCUT2D eigenvalue weighted by atomic mass is 14.7. The molecule has 0 aliphatic carbocycles. The third-order valence-corrected chi connectivity index (χ3v) is 2.95. The van der Waals surface area contributed by atoms with Crippen LogP contribution < -0.4 is 5.73 Å². The second-order valence-electron chi connectivity index (χ2n) is 4.32. The maximum Gasteiger partial charge on any atom is 0.0662 e. The Morgan fingerprint density at radius 1 is 1.00 bits per heavy atom. The third-order valence-electron chi connectivity index (χ3n) is 2.95. The second kappa shape index (κ2) is 8.16. The van der Waals surface area contributed by atoms with E-state index in [4.69, 9.17) is 10.7 Å². The van der Waals surface area contributed by atoms with Gasteiger partial charge in [0.05, 0.1) is 5.69 Å². The van der Waals surface area contributed by atoms with Gasteiger partial charge in [-0.15, -0.1) is 0 Å². The van der Waals surface area contributed by atoms with Gasteiger partial charge >= 0.3 is 0 Å². The Labute approximate surface area is 122 Å². The highest BCUT2D eigenvalue weighted by Crippen LogP contribution is 2.20. The van der Waals surface area contributed by atoms with Gasteiger partial charge in [-0.1, -0.05) is 51.1 Å². The van der Waals surface area contributed by atoms with Crippen molar-refractivity contribution in [3.8, 4) is 0 Å². The lowest BCUT2D eigenvalue weighted by Crippen LogP contribution is -1.99. The quantitative estimate of drug-likeness (QED) is 0.608. The summed E-state index contributed by atoms with van der Waals surface area (Å²) >= 11 is 0. The summed E-state index contributed by atoms with van der Waals surface area (Å²) in [5.41, 5.74) is 10.9. The molecule has 20 heavy (non-hydrogen) atoms. The fraction of sp³-hybridized carbons (Fsp3) is 0.278. The van der Waals surface area contributed by atoms with Gasteiger partial charge in [0.15, 0.2) is 0 Å². The summed E-state index contributed by atoms with van der Waals surface area (Å²) in [4.78, 5) is 4.75. The van der Waals surface area contributed by atoms with Crippen molar-refractivity contribution in [2.24, 2.45) is 4.99 Å². The summed E-state index contributed by atoms with van der Waals surface area (Å²) in [6, 6.07) is 16.0. The summed E-state index contributed by atoms with van der Waals surface area (Å²) < 4.78 is 0. The monoisotopic (exact) mass is 268 g/mol. The van der Waals surface area contributed by atoms with Gasteiger partial charge in [-0.25, -0.2) is 0 Å². The fourth-order valence-corrected chi connectivity index (χ4v) is 1.86. The predicted molar refractivity (Wildman–Crippen MR) is 89.9 cm³/mol. The first-order valence-electron chi connectivity index (χ1n) is 7.20. The maximum absolute atomic E-state index is 5.71. The second-order valence-corrected chi connectivity index (χ2v) is 4.32. The van der Waals surface area contributed by atoms with Crippen molar-refractivity contribution < 1.29 is 0 Å². The molecule has 0 saturated carbocycles. The van der Waals surface area contributed by atoms with Gasteiger partial charge in [0, 0.05) is 11.4 Å². The van der Waals surface area contributed by atoms with Gasteiger partial charge in [0.25, 0.3) is 0 Å². The minimum Gasteiger partial charge on any atom is -0.399 e. The summed E-state index contributed by atoms with van der Waals surface area (Å²) in [5, 5.41) is 0. The Morgan fingerprint density at radius 3 is 2.15 bits per heavy atom. The van der Waals surface area contributed by atoms with Gasteiger partial charge in [-0.2, -0.15) is 0 Å². The molecule has 106 valence electrons. The van der Waals surface area contributed by atoms with Crippen LogP contribution in [0.4, 0.5) is 11.4 Å². The molecule has 0 spiro atoms. The van der Waals surface area contributed by atoms with Crippen molar-refractivity contribution in [3.63, 3.8) is 0 Å². The van der Waals surface area contributed by atoms with Gasteiger partial charge < -0.3 is 5.73 Å². The lowest BCUT2D eigenvalue weighted by Gasteiger charge is -2.06. The number of anilines is 1. The lowest BCUT2D eigenvalue weighted by atomic mass is 10.1. The van der Waals surface area contributed by atoms with Crippen molar-refractivity contribution in [3.05, 3.63) is 59.7 Å². The average molecular weight is 268 g/mol. The van der Waals surface area contributed by atoms with Crippen LogP contribution in [0.3, 0.4) is 0 Å². The van der Waals surface area contributed by atoms with Crippen LogP contribution in [0.25, 0.3) is 0 Å². The molecule has 2 N–H and O–H groups in total. The zero-order valence-corrected chi connectivity index (χ0v) is 12.9. The molecule has 0 atom stereocenters. The lowest BCUT2D eigenvalue weighted by molar-refractivity contribution is 1.25. The molecule has 2 aromatic rings. The molecular weight excluding hydrogens is 244 g/mol. The molecule has 2 aromatic carbocycles. The Balaban J connectivity index is 0.000000956. The normalized spacial score (nSPS) is 10.7. The zero-order valence-electron chi connectivity index (χ0n) is 12.9. The van der Waals surface area contributed by atoms with Crippen LogP contribution in [0.15, 0.2) is 53.5 Å². The van der Waals surface area contributed by atoms with E-state index in [9.17, 15) is 0 Å². The van der Waals surface area contributed by atoms with E-state index in [1.165, 1.54) is 5.56 Å². The molecule has 2 rings (SSSR count). The molecule has 0 bridgehead atoms. The number of aliphatic imine (C=N–C) groups is 1. The van der Waals surface area contributed by atoms with Crippen molar-refractivity contribution in [2.45, 2.75) is 34.1 Å². The van der Waals surface area contributed by atoms with Crippen LogP contribution >= 0.6 is 0 Å². The van der Waals surface area contributed by atoms with E-state index < -0.39 is 0 Å². The van der Waals surface area contributed by atoms with E-state index in [0.29, 0.717) is 0 Å². The SMILES string of the molecule is CC.CCC(=Nc1ccccc1C)c1ccc(N)cc1. The molecule has 0 aromatic heterocycles. The smallest absolute Gasteiger partial charge is 0.0662 e. The van der Waals surface area contributed by atoms with Crippen molar-refractivity contribution in [2.75, 3.05) is 5.73 Å². The Kier molecular flexibility index (Phi) is 6.51. The van der Waals surface area contributed by atoms with E-state index in [1.54, 1.807) is 0 Å². The van der Waals surface area contributed by atoms with Gasteiger partial charge in [0.1, 0.15) is 0 Å². The number of benzene rings is 2. The zero-order chi connectivity index (χ0) is 15.0.